The molecule has 0 amide bonds. The molecule has 0 spiro atoms. The fourth-order valence-corrected chi connectivity index (χ4v) is 2.24. The molecule has 0 aliphatic heterocycles. The number of rotatable bonds is 14. The summed E-state index contributed by atoms with van der Waals surface area (Å²) in [4.78, 5) is 44.9. The molecular weight excluding hydrogens is 356 g/mol. The first-order valence-electron chi connectivity index (χ1n) is 7.80. The number of nitrogens with one attached hydrogen (secondary N) is 2. The Morgan fingerprint density at radius 1 is 0.840 bits per heavy atom. The van der Waals surface area contributed by atoms with Gasteiger partial charge in [0.1, 0.15) is 12.1 Å². The van der Waals surface area contributed by atoms with Crippen LogP contribution in [0.25, 0.3) is 0 Å². The minimum Gasteiger partial charge on any atom is -0.481 e. The van der Waals surface area contributed by atoms with Gasteiger partial charge in [-0.1, -0.05) is 13.8 Å². The molecule has 10 nitrogen and oxygen atoms in total. The first kappa shape index (κ1) is 23.1. The molecule has 0 rings (SSSR count). The summed E-state index contributed by atoms with van der Waals surface area (Å²) < 4.78 is 9.50. The van der Waals surface area contributed by atoms with E-state index in [9.17, 15) is 19.2 Å². The van der Waals surface area contributed by atoms with Crippen LogP contribution < -0.4 is 10.6 Å². The van der Waals surface area contributed by atoms with Gasteiger partial charge in [0, 0.05) is 12.8 Å². The molecule has 0 aromatic carbocycles. The fraction of sp³-hybridized carbons (Fsp3) is 0.714. The largest absolute Gasteiger partial charge is 0.481 e. The molecule has 0 unspecified atom stereocenters. The SMILES string of the molecule is CCN[C@@H](CCC(=O)O)C(=O)OSOC(=O)[C@H](CCC(=O)O)NCC. The van der Waals surface area contributed by atoms with Crippen LogP contribution in [0.5, 0.6) is 0 Å². The van der Waals surface area contributed by atoms with Crippen LogP contribution in [0.3, 0.4) is 0 Å². The predicted molar refractivity (Wildman–Crippen MR) is 88.4 cm³/mol. The highest BCUT2D eigenvalue weighted by Gasteiger charge is 2.24. The van der Waals surface area contributed by atoms with Gasteiger partial charge in [-0.25, -0.2) is 9.59 Å². The number of carbonyl (C=O) groups excluding carboxylic acids is 2. The summed E-state index contributed by atoms with van der Waals surface area (Å²) in [7, 11) is 0. The Hall–Kier alpha value is -1.85. The highest BCUT2D eigenvalue weighted by atomic mass is 32.2. The van der Waals surface area contributed by atoms with Crippen molar-refractivity contribution in [3.05, 3.63) is 0 Å². The highest BCUT2D eigenvalue weighted by Crippen LogP contribution is 2.12. The van der Waals surface area contributed by atoms with Crippen LogP contribution in [0, 0.1) is 0 Å². The Balaban J connectivity index is 4.37. The number of carbonyl (C=O) groups is 4. The lowest BCUT2D eigenvalue weighted by Crippen LogP contribution is -2.38. The number of aliphatic carboxylic acids is 2. The molecular formula is C14H24N2O8S. The normalized spacial score (nSPS) is 12.9. The maximum Gasteiger partial charge on any atom is 0.337 e. The summed E-state index contributed by atoms with van der Waals surface area (Å²) in [6.07, 6.45) is -0.353. The minimum absolute atomic E-state index is 0.0368. The average molecular weight is 380 g/mol. The van der Waals surface area contributed by atoms with Crippen molar-refractivity contribution in [1.82, 2.24) is 10.6 Å². The summed E-state index contributed by atoms with van der Waals surface area (Å²) in [6, 6.07) is -1.66. The van der Waals surface area contributed by atoms with Gasteiger partial charge in [-0.05, 0) is 25.9 Å². The van der Waals surface area contributed by atoms with Gasteiger partial charge in [-0.15, -0.1) is 0 Å². The molecule has 0 bridgehead atoms. The maximum atomic E-state index is 11.9. The molecule has 0 aromatic rings. The van der Waals surface area contributed by atoms with E-state index in [1.54, 1.807) is 13.8 Å². The van der Waals surface area contributed by atoms with Gasteiger partial charge in [-0.2, -0.15) is 0 Å². The zero-order valence-electron chi connectivity index (χ0n) is 14.1. The monoisotopic (exact) mass is 380 g/mol. The maximum absolute atomic E-state index is 11.9. The van der Waals surface area contributed by atoms with Crippen LogP contribution in [-0.2, 0) is 27.5 Å². The zero-order valence-corrected chi connectivity index (χ0v) is 15.0. The molecule has 11 heteroatoms. The Morgan fingerprint density at radius 2 is 1.20 bits per heavy atom. The third-order valence-corrected chi connectivity index (χ3v) is 3.46. The number of carboxylic acids is 2. The fourth-order valence-electron chi connectivity index (χ4n) is 1.84. The van der Waals surface area contributed by atoms with Crippen molar-refractivity contribution in [3.63, 3.8) is 0 Å². The highest BCUT2D eigenvalue weighted by molar-refractivity contribution is 7.90. The molecule has 25 heavy (non-hydrogen) atoms. The topological polar surface area (TPSA) is 151 Å². The second-order valence-electron chi connectivity index (χ2n) is 4.96. The van der Waals surface area contributed by atoms with E-state index in [-0.39, 0.29) is 38.0 Å². The summed E-state index contributed by atoms with van der Waals surface area (Å²) in [6.45, 7) is 4.36. The van der Waals surface area contributed by atoms with E-state index in [1.165, 1.54) is 0 Å². The Morgan fingerprint density at radius 3 is 1.48 bits per heavy atom. The molecule has 0 aliphatic rings. The smallest absolute Gasteiger partial charge is 0.337 e. The lowest BCUT2D eigenvalue weighted by Gasteiger charge is -2.16. The van der Waals surface area contributed by atoms with E-state index in [0.717, 1.165) is 0 Å². The second-order valence-corrected chi connectivity index (χ2v) is 5.43. The number of likely N-dealkylation sites (N-methyl/N-ethyl adjacent to an activating group) is 2. The van der Waals surface area contributed by atoms with E-state index in [2.05, 4.69) is 10.6 Å². The Labute approximate surface area is 150 Å². The number of carboxylic acid groups (broad SMARTS) is 2. The van der Waals surface area contributed by atoms with Crippen LogP contribution >= 0.6 is 12.3 Å². The molecule has 0 heterocycles. The quantitative estimate of drug-likeness (QED) is 0.308. The van der Waals surface area contributed by atoms with Crippen molar-refractivity contribution in [2.45, 2.75) is 51.6 Å². The van der Waals surface area contributed by atoms with E-state index in [4.69, 9.17) is 18.6 Å². The lowest BCUT2D eigenvalue weighted by molar-refractivity contribution is -0.139. The Bertz CT molecular complexity index is 420. The van der Waals surface area contributed by atoms with E-state index >= 15 is 0 Å². The standard InChI is InChI=1S/C14H24N2O8S/c1-3-15-9(5-7-11(17)18)13(21)23-25-24-14(22)10(16-4-2)6-8-12(19)20/h9-10,15-16H,3-8H2,1-2H3,(H,17,18)(H,19,20)/t9-,10-/m0/s1. The van der Waals surface area contributed by atoms with Gasteiger partial charge in [0.15, 0.2) is 0 Å². The van der Waals surface area contributed by atoms with E-state index in [0.29, 0.717) is 13.1 Å². The van der Waals surface area contributed by atoms with Crippen LogP contribution in [-0.4, -0.2) is 59.3 Å². The van der Waals surface area contributed by atoms with Gasteiger partial charge in [0.05, 0.1) is 0 Å². The van der Waals surface area contributed by atoms with E-state index in [1.807, 2.05) is 0 Å². The molecule has 0 fully saturated rings. The van der Waals surface area contributed by atoms with E-state index < -0.39 is 36.0 Å². The summed E-state index contributed by atoms with van der Waals surface area (Å²) in [5.74, 6) is -3.60. The first-order valence-corrected chi connectivity index (χ1v) is 8.47. The van der Waals surface area contributed by atoms with Gasteiger partial charge in [-0.3, -0.25) is 9.59 Å². The lowest BCUT2D eigenvalue weighted by atomic mass is 10.1. The molecule has 144 valence electrons. The van der Waals surface area contributed by atoms with Crippen LogP contribution in [0.15, 0.2) is 0 Å². The zero-order chi connectivity index (χ0) is 19.2. The molecule has 0 saturated heterocycles. The molecule has 0 radical (unpaired) electrons. The third kappa shape index (κ3) is 11.3. The van der Waals surface area contributed by atoms with Crippen molar-refractivity contribution < 1.29 is 37.8 Å². The third-order valence-electron chi connectivity index (χ3n) is 3.00. The summed E-state index contributed by atoms with van der Waals surface area (Å²) >= 11 is 0.172. The van der Waals surface area contributed by atoms with Crippen LogP contribution in [0.1, 0.15) is 39.5 Å². The molecule has 0 saturated carbocycles. The van der Waals surface area contributed by atoms with Gasteiger partial charge >= 0.3 is 23.9 Å². The molecule has 0 aromatic heterocycles. The Kier molecular flexibility index (Phi) is 12.4. The van der Waals surface area contributed by atoms with Crippen molar-refractivity contribution in [2.75, 3.05) is 13.1 Å². The average Bonchev–Trinajstić information content (AvgIpc) is 2.54. The molecule has 0 aliphatic carbocycles. The van der Waals surface area contributed by atoms with Crippen molar-refractivity contribution in [3.8, 4) is 0 Å². The summed E-state index contributed by atoms with van der Waals surface area (Å²) in [5.41, 5.74) is 0. The van der Waals surface area contributed by atoms with Crippen LogP contribution in [0.4, 0.5) is 0 Å². The van der Waals surface area contributed by atoms with Crippen molar-refractivity contribution in [1.29, 1.82) is 0 Å². The van der Waals surface area contributed by atoms with Gasteiger partial charge in [0.2, 0.25) is 0 Å². The number of hydrogen-bond donors (Lipinski definition) is 4. The van der Waals surface area contributed by atoms with Crippen molar-refractivity contribution >= 4 is 36.2 Å². The molecule has 2 atom stereocenters. The summed E-state index contributed by atoms with van der Waals surface area (Å²) in [5, 5.41) is 22.9. The van der Waals surface area contributed by atoms with Gasteiger partial charge < -0.3 is 29.2 Å². The van der Waals surface area contributed by atoms with Crippen LogP contribution in [0.2, 0.25) is 0 Å². The minimum atomic E-state index is -1.04. The molecule has 4 N–H and O–H groups in total. The first-order chi connectivity index (χ1) is 11.8. The number of hydrogen-bond acceptors (Lipinski definition) is 9. The predicted octanol–water partition coefficient (Wildman–Crippen LogP) is 0.322. The second kappa shape index (κ2) is 13.4. The van der Waals surface area contributed by atoms with Crippen molar-refractivity contribution in [2.24, 2.45) is 0 Å². The van der Waals surface area contributed by atoms with Gasteiger partial charge in [0.25, 0.3) is 12.3 Å².